The summed E-state index contributed by atoms with van der Waals surface area (Å²) in [5, 5.41) is 34.3. The second-order valence-corrected chi connectivity index (χ2v) is 6.44. The van der Waals surface area contributed by atoms with E-state index in [0.29, 0.717) is 28.2 Å². The van der Waals surface area contributed by atoms with Crippen LogP contribution in [-0.4, -0.2) is 62.7 Å². The number of methoxy groups -OCH3 is 1. The lowest BCUT2D eigenvalue weighted by molar-refractivity contribution is -0.0955. The molecular weight excluding hydrogens is 344 g/mol. The van der Waals surface area contributed by atoms with Crippen molar-refractivity contribution < 1.29 is 24.8 Å². The summed E-state index contributed by atoms with van der Waals surface area (Å²) in [7, 11) is 1.43. The number of anilines is 1. The molecule has 0 saturated carbocycles. The third-order valence-electron chi connectivity index (χ3n) is 4.78. The minimum absolute atomic E-state index is 0.291. The van der Waals surface area contributed by atoms with E-state index in [1.165, 1.54) is 26.4 Å². The van der Waals surface area contributed by atoms with Crippen LogP contribution in [0.5, 0.6) is 5.75 Å². The van der Waals surface area contributed by atoms with Gasteiger partial charge in [0.15, 0.2) is 6.23 Å². The van der Waals surface area contributed by atoms with E-state index in [9.17, 15) is 20.1 Å². The summed E-state index contributed by atoms with van der Waals surface area (Å²) in [6.07, 6.45) is -0.255. The molecule has 1 fully saturated rings. The van der Waals surface area contributed by atoms with Gasteiger partial charge in [-0.3, -0.25) is 4.79 Å². The molecule has 0 spiro atoms. The Morgan fingerprint density at radius 1 is 1.50 bits per heavy atom. The zero-order valence-corrected chi connectivity index (χ0v) is 14.1. The minimum Gasteiger partial charge on any atom is -0.496 e. The predicted octanol–water partition coefficient (Wildman–Crippen LogP) is -0.508. The molecule has 0 unspecified atom stereocenters. The molecular formula is C16H18N4O6. The highest BCUT2D eigenvalue weighted by Gasteiger charge is 2.53. The van der Waals surface area contributed by atoms with Crippen LogP contribution in [0.1, 0.15) is 13.2 Å². The Balaban J connectivity index is 1.99. The number of aliphatic hydroxyl groups excluding tert-OH is 2. The van der Waals surface area contributed by atoms with Gasteiger partial charge in [0.05, 0.1) is 25.4 Å². The van der Waals surface area contributed by atoms with Gasteiger partial charge >= 0.3 is 0 Å². The number of hydrogen-bond acceptors (Lipinski definition) is 9. The molecule has 4 atom stereocenters. The van der Waals surface area contributed by atoms with Gasteiger partial charge in [0.1, 0.15) is 35.2 Å². The second kappa shape index (κ2) is 5.74. The van der Waals surface area contributed by atoms with E-state index >= 15 is 0 Å². The zero-order chi connectivity index (χ0) is 18.6. The van der Waals surface area contributed by atoms with Crippen molar-refractivity contribution in [3.05, 3.63) is 22.6 Å². The molecule has 4 rings (SSSR count). The van der Waals surface area contributed by atoms with E-state index in [2.05, 4.69) is 15.3 Å². The summed E-state index contributed by atoms with van der Waals surface area (Å²) in [6.45, 7) is 0.978. The van der Waals surface area contributed by atoms with Gasteiger partial charge in [0.25, 0.3) is 5.56 Å². The number of aliphatic imine (C=N–C) groups is 1. The first-order valence-corrected chi connectivity index (χ1v) is 7.98. The Morgan fingerprint density at radius 3 is 2.92 bits per heavy atom. The van der Waals surface area contributed by atoms with Crippen LogP contribution in [0.3, 0.4) is 0 Å². The van der Waals surface area contributed by atoms with E-state index in [4.69, 9.17) is 9.47 Å². The van der Waals surface area contributed by atoms with Crippen LogP contribution in [0, 0.1) is 0 Å². The van der Waals surface area contributed by atoms with Gasteiger partial charge in [-0.1, -0.05) is 0 Å². The fourth-order valence-corrected chi connectivity index (χ4v) is 3.45. The van der Waals surface area contributed by atoms with Gasteiger partial charge in [-0.2, -0.15) is 4.98 Å². The molecule has 138 valence electrons. The van der Waals surface area contributed by atoms with E-state index < -0.39 is 36.2 Å². The van der Waals surface area contributed by atoms with Crippen LogP contribution in [0.4, 0.5) is 11.6 Å². The van der Waals surface area contributed by atoms with Gasteiger partial charge in [-0.15, -0.1) is 0 Å². The SMILES string of the molecule is COc1cc(=O)nc2c3c(n([C@@H]4O[C@H](CO)[C@@H](O)[C@@]4(C)O)cc13)N=CN2. The van der Waals surface area contributed by atoms with E-state index in [1.807, 2.05) is 0 Å². The molecule has 4 heterocycles. The summed E-state index contributed by atoms with van der Waals surface area (Å²) < 4.78 is 12.5. The molecule has 2 aliphatic rings. The minimum atomic E-state index is -1.67. The highest BCUT2D eigenvalue weighted by molar-refractivity contribution is 6.08. The molecule has 0 radical (unpaired) electrons. The van der Waals surface area contributed by atoms with Crippen molar-refractivity contribution in [3.8, 4) is 5.75 Å². The van der Waals surface area contributed by atoms with Crippen molar-refractivity contribution in [1.29, 1.82) is 0 Å². The first-order valence-electron chi connectivity index (χ1n) is 7.98. The van der Waals surface area contributed by atoms with Gasteiger partial charge < -0.3 is 34.7 Å². The highest BCUT2D eigenvalue weighted by atomic mass is 16.6. The summed E-state index contributed by atoms with van der Waals surface area (Å²) in [5.41, 5.74) is -2.15. The number of ether oxygens (including phenoxy) is 2. The van der Waals surface area contributed by atoms with E-state index in [-0.39, 0.29) is 0 Å². The molecule has 4 N–H and O–H groups in total. The van der Waals surface area contributed by atoms with Crippen LogP contribution in [0.25, 0.3) is 10.8 Å². The van der Waals surface area contributed by atoms with Crippen LogP contribution >= 0.6 is 0 Å². The summed E-state index contributed by atoms with van der Waals surface area (Å²) in [5.74, 6) is 0.972. The summed E-state index contributed by atoms with van der Waals surface area (Å²) in [4.78, 5) is 20.2. The number of nitrogens with one attached hydrogen (secondary N) is 1. The topological polar surface area (TPSA) is 138 Å². The predicted molar refractivity (Wildman–Crippen MR) is 92.0 cm³/mol. The maximum Gasteiger partial charge on any atom is 0.275 e. The zero-order valence-electron chi connectivity index (χ0n) is 14.1. The second-order valence-electron chi connectivity index (χ2n) is 6.44. The Bertz CT molecular complexity index is 969. The number of rotatable bonds is 3. The van der Waals surface area contributed by atoms with Crippen LogP contribution in [0.15, 0.2) is 22.1 Å². The normalized spacial score (nSPS) is 29.8. The standard InChI is InChI=1S/C16H18N4O6/c1-16(24)12(23)9(5-21)26-15(16)20-4-7-8(25-2)3-10(22)19-13-11(7)14(20)18-6-17-13/h3-4,6,9,12,15,21,23-24H,5H2,1-2H3,(H,17,18,19,22)/t9-,12-,15-,16-/m1/s1. The number of aromatic nitrogens is 2. The lowest BCUT2D eigenvalue weighted by Gasteiger charge is -2.28. The Hall–Kier alpha value is -2.53. The summed E-state index contributed by atoms with van der Waals surface area (Å²) >= 11 is 0. The van der Waals surface area contributed by atoms with E-state index in [0.717, 1.165) is 0 Å². The molecule has 2 aliphatic heterocycles. The largest absolute Gasteiger partial charge is 0.496 e. The highest BCUT2D eigenvalue weighted by Crippen LogP contribution is 2.45. The molecule has 10 nitrogen and oxygen atoms in total. The molecule has 0 aliphatic carbocycles. The maximum absolute atomic E-state index is 11.9. The molecule has 10 heteroatoms. The monoisotopic (exact) mass is 362 g/mol. The average Bonchev–Trinajstić information content (AvgIpc) is 3.04. The molecule has 0 bridgehead atoms. The van der Waals surface area contributed by atoms with Crippen molar-refractivity contribution in [2.45, 2.75) is 31.0 Å². The number of hydrogen-bond donors (Lipinski definition) is 4. The Morgan fingerprint density at radius 2 is 2.27 bits per heavy atom. The lowest BCUT2D eigenvalue weighted by Crippen LogP contribution is -2.44. The third kappa shape index (κ3) is 2.23. The molecule has 0 aromatic carbocycles. The molecule has 2 aromatic rings. The lowest BCUT2D eigenvalue weighted by atomic mass is 9.96. The third-order valence-corrected chi connectivity index (χ3v) is 4.78. The van der Waals surface area contributed by atoms with Crippen molar-refractivity contribution in [1.82, 2.24) is 9.55 Å². The van der Waals surface area contributed by atoms with E-state index in [1.54, 1.807) is 10.8 Å². The van der Waals surface area contributed by atoms with Crippen molar-refractivity contribution in [3.63, 3.8) is 0 Å². The summed E-state index contributed by atoms with van der Waals surface area (Å²) in [6, 6.07) is 1.26. The first kappa shape index (κ1) is 16.9. The van der Waals surface area contributed by atoms with Crippen molar-refractivity contribution in [2.75, 3.05) is 19.0 Å². The fraction of sp³-hybridized carbons (Fsp3) is 0.438. The van der Waals surface area contributed by atoms with Gasteiger partial charge in [0, 0.05) is 17.6 Å². The van der Waals surface area contributed by atoms with Crippen molar-refractivity contribution in [2.24, 2.45) is 4.99 Å². The van der Waals surface area contributed by atoms with Crippen LogP contribution in [0.2, 0.25) is 0 Å². The maximum atomic E-state index is 11.9. The molecule has 26 heavy (non-hydrogen) atoms. The molecule has 2 aromatic heterocycles. The number of aliphatic hydroxyl groups is 3. The first-order chi connectivity index (χ1) is 12.4. The molecule has 1 saturated heterocycles. The molecule has 0 amide bonds. The fourth-order valence-electron chi connectivity index (χ4n) is 3.45. The average molecular weight is 362 g/mol. The van der Waals surface area contributed by atoms with Gasteiger partial charge in [0.2, 0.25) is 0 Å². The smallest absolute Gasteiger partial charge is 0.275 e. The van der Waals surface area contributed by atoms with Gasteiger partial charge in [-0.25, -0.2) is 4.99 Å². The van der Waals surface area contributed by atoms with Crippen LogP contribution in [-0.2, 0) is 4.74 Å². The van der Waals surface area contributed by atoms with Crippen molar-refractivity contribution >= 4 is 28.7 Å². The Kier molecular flexibility index (Phi) is 3.74. The Labute approximate surface area is 147 Å². The van der Waals surface area contributed by atoms with Crippen LogP contribution < -0.4 is 15.6 Å². The van der Waals surface area contributed by atoms with Gasteiger partial charge in [-0.05, 0) is 6.92 Å². The number of nitrogens with zero attached hydrogens (tertiary/aromatic N) is 3. The quantitative estimate of drug-likeness (QED) is 0.573.